The van der Waals surface area contributed by atoms with Gasteiger partial charge in [0.15, 0.2) is 0 Å². The van der Waals surface area contributed by atoms with Crippen molar-refractivity contribution in [3.8, 4) is 11.3 Å². The summed E-state index contributed by atoms with van der Waals surface area (Å²) in [5, 5.41) is 2.46. The van der Waals surface area contributed by atoms with Crippen LogP contribution in [0.3, 0.4) is 0 Å². The summed E-state index contributed by atoms with van der Waals surface area (Å²) in [6.45, 7) is 0. The highest BCUT2D eigenvalue weighted by molar-refractivity contribution is 6.31. The Morgan fingerprint density at radius 2 is 1.24 bits per heavy atom. The van der Waals surface area contributed by atoms with Gasteiger partial charge < -0.3 is 4.42 Å². The lowest BCUT2D eigenvalue weighted by atomic mass is 10.1. The van der Waals surface area contributed by atoms with Crippen molar-refractivity contribution in [2.45, 2.75) is 0 Å². The normalized spacial score (nSPS) is 11.4. The summed E-state index contributed by atoms with van der Waals surface area (Å²) in [5.41, 5.74) is 4.11. The molecular formula is C22H14Cl2O. The van der Waals surface area contributed by atoms with Crippen molar-refractivity contribution in [1.82, 2.24) is 0 Å². The van der Waals surface area contributed by atoms with Crippen molar-refractivity contribution >= 4 is 46.3 Å². The van der Waals surface area contributed by atoms with Crippen molar-refractivity contribution in [3.05, 3.63) is 94.0 Å². The van der Waals surface area contributed by atoms with Gasteiger partial charge >= 0.3 is 0 Å². The lowest BCUT2D eigenvalue weighted by Gasteiger charge is -1.99. The topological polar surface area (TPSA) is 13.1 Å². The molecular weight excluding hydrogens is 351 g/mol. The molecule has 1 aromatic heterocycles. The van der Waals surface area contributed by atoms with E-state index in [4.69, 9.17) is 27.6 Å². The molecule has 4 aromatic rings. The second-order valence-electron chi connectivity index (χ2n) is 5.80. The van der Waals surface area contributed by atoms with E-state index in [1.165, 1.54) is 0 Å². The first-order chi connectivity index (χ1) is 12.2. The van der Waals surface area contributed by atoms with Crippen molar-refractivity contribution < 1.29 is 4.42 Å². The fourth-order valence-electron chi connectivity index (χ4n) is 2.68. The molecule has 0 aliphatic carbocycles. The minimum absolute atomic E-state index is 0.711. The van der Waals surface area contributed by atoms with E-state index in [0.29, 0.717) is 5.02 Å². The molecule has 1 nitrogen and oxygen atoms in total. The third-order valence-corrected chi connectivity index (χ3v) is 4.50. The second kappa shape index (κ2) is 6.79. The van der Waals surface area contributed by atoms with Crippen molar-refractivity contribution in [3.63, 3.8) is 0 Å². The summed E-state index contributed by atoms with van der Waals surface area (Å²) < 4.78 is 5.90. The van der Waals surface area contributed by atoms with Gasteiger partial charge in [-0.05, 0) is 47.5 Å². The Bertz CT molecular complexity index is 1040. The van der Waals surface area contributed by atoms with Gasteiger partial charge in [0, 0.05) is 21.0 Å². The van der Waals surface area contributed by atoms with Crippen LogP contribution in [0.2, 0.25) is 10.0 Å². The van der Waals surface area contributed by atoms with Gasteiger partial charge in [0.1, 0.15) is 11.3 Å². The zero-order valence-corrected chi connectivity index (χ0v) is 14.8. The molecule has 0 aliphatic rings. The third-order valence-electron chi connectivity index (χ3n) is 4.01. The fourth-order valence-corrected chi connectivity index (χ4v) is 2.99. The van der Waals surface area contributed by atoms with Gasteiger partial charge in [0.05, 0.1) is 0 Å². The van der Waals surface area contributed by atoms with Gasteiger partial charge in [-0.2, -0.15) is 0 Å². The van der Waals surface area contributed by atoms with Gasteiger partial charge in [-0.3, -0.25) is 0 Å². The summed E-state index contributed by atoms with van der Waals surface area (Å²) in [6.07, 6.45) is 4.14. The highest BCUT2D eigenvalue weighted by Gasteiger charge is 2.06. The number of benzene rings is 3. The standard InChI is InChI=1S/C22H14Cl2O/c23-19-9-5-16(6-10-19)2-1-15-3-7-17(8-4-15)22-14-18-13-20(24)11-12-21(18)25-22/h1-14H. The molecule has 3 aromatic carbocycles. The third kappa shape index (κ3) is 3.63. The Morgan fingerprint density at radius 3 is 1.92 bits per heavy atom. The van der Waals surface area contributed by atoms with Crippen LogP contribution in [0.4, 0.5) is 0 Å². The number of hydrogen-bond acceptors (Lipinski definition) is 1. The molecule has 0 amide bonds. The van der Waals surface area contributed by atoms with Gasteiger partial charge in [-0.15, -0.1) is 0 Å². The van der Waals surface area contributed by atoms with E-state index in [-0.39, 0.29) is 0 Å². The van der Waals surface area contributed by atoms with E-state index < -0.39 is 0 Å². The number of furan rings is 1. The first-order valence-electron chi connectivity index (χ1n) is 7.91. The second-order valence-corrected chi connectivity index (χ2v) is 6.67. The molecule has 1 heterocycles. The van der Waals surface area contributed by atoms with E-state index in [0.717, 1.165) is 38.4 Å². The van der Waals surface area contributed by atoms with Crippen molar-refractivity contribution in [2.75, 3.05) is 0 Å². The summed E-state index contributed by atoms with van der Waals surface area (Å²) in [5.74, 6) is 0.838. The predicted octanol–water partition coefficient (Wildman–Crippen LogP) is 7.58. The maximum atomic E-state index is 6.03. The first-order valence-corrected chi connectivity index (χ1v) is 8.66. The molecule has 3 heteroatoms. The molecule has 122 valence electrons. The van der Waals surface area contributed by atoms with Gasteiger partial charge in [0.2, 0.25) is 0 Å². The highest BCUT2D eigenvalue weighted by atomic mass is 35.5. The SMILES string of the molecule is Clc1ccc(C=Cc2ccc(-c3cc4cc(Cl)ccc4o3)cc2)cc1. The Labute approximate surface area is 156 Å². The van der Waals surface area contributed by atoms with Gasteiger partial charge in [-0.1, -0.05) is 71.8 Å². The maximum absolute atomic E-state index is 6.03. The molecule has 0 N–H and O–H groups in total. The molecule has 0 bridgehead atoms. The number of fused-ring (bicyclic) bond motifs is 1. The Morgan fingerprint density at radius 1 is 0.640 bits per heavy atom. The monoisotopic (exact) mass is 364 g/mol. The lowest BCUT2D eigenvalue weighted by Crippen LogP contribution is -1.76. The van der Waals surface area contributed by atoms with Gasteiger partial charge in [-0.25, -0.2) is 0 Å². The minimum Gasteiger partial charge on any atom is -0.456 e. The smallest absolute Gasteiger partial charge is 0.135 e. The first kappa shape index (κ1) is 16.0. The van der Waals surface area contributed by atoms with Crippen LogP contribution in [-0.4, -0.2) is 0 Å². The van der Waals surface area contributed by atoms with Crippen LogP contribution in [0, 0.1) is 0 Å². The molecule has 0 saturated carbocycles. The van der Waals surface area contributed by atoms with Crippen LogP contribution in [0.15, 0.2) is 77.2 Å². The largest absolute Gasteiger partial charge is 0.456 e. The van der Waals surface area contributed by atoms with E-state index >= 15 is 0 Å². The van der Waals surface area contributed by atoms with Crippen LogP contribution in [-0.2, 0) is 0 Å². The Hall–Kier alpha value is -2.48. The van der Waals surface area contributed by atoms with Crippen LogP contribution in [0.1, 0.15) is 11.1 Å². The van der Waals surface area contributed by atoms with E-state index in [1.54, 1.807) is 0 Å². The molecule has 4 rings (SSSR count). The predicted molar refractivity (Wildman–Crippen MR) is 107 cm³/mol. The van der Waals surface area contributed by atoms with Crippen LogP contribution < -0.4 is 0 Å². The Kier molecular flexibility index (Phi) is 4.35. The van der Waals surface area contributed by atoms with Crippen LogP contribution in [0.5, 0.6) is 0 Å². The summed E-state index contributed by atoms with van der Waals surface area (Å²) in [4.78, 5) is 0. The lowest BCUT2D eigenvalue weighted by molar-refractivity contribution is 0.631. The number of hydrogen-bond donors (Lipinski definition) is 0. The summed E-state index contributed by atoms with van der Waals surface area (Å²) in [7, 11) is 0. The summed E-state index contributed by atoms with van der Waals surface area (Å²) in [6, 6.07) is 23.7. The van der Waals surface area contributed by atoms with Crippen LogP contribution in [0.25, 0.3) is 34.4 Å². The van der Waals surface area contributed by atoms with E-state index in [9.17, 15) is 0 Å². The number of rotatable bonds is 3. The minimum atomic E-state index is 0.711. The highest BCUT2D eigenvalue weighted by Crippen LogP contribution is 2.29. The Balaban J connectivity index is 1.57. The average molecular weight is 365 g/mol. The number of halogens is 2. The zero-order valence-electron chi connectivity index (χ0n) is 13.2. The molecule has 0 fully saturated rings. The molecule has 0 saturated heterocycles. The zero-order chi connectivity index (χ0) is 17.2. The molecule has 0 radical (unpaired) electrons. The van der Waals surface area contributed by atoms with E-state index in [2.05, 4.69) is 36.4 Å². The maximum Gasteiger partial charge on any atom is 0.135 e. The molecule has 0 spiro atoms. The molecule has 0 unspecified atom stereocenters. The molecule has 25 heavy (non-hydrogen) atoms. The molecule has 0 aliphatic heterocycles. The van der Waals surface area contributed by atoms with Crippen molar-refractivity contribution in [2.24, 2.45) is 0 Å². The average Bonchev–Trinajstić information content (AvgIpc) is 3.05. The molecule has 0 atom stereocenters. The quantitative estimate of drug-likeness (QED) is 0.341. The van der Waals surface area contributed by atoms with Gasteiger partial charge in [0.25, 0.3) is 0 Å². The van der Waals surface area contributed by atoms with Crippen LogP contribution >= 0.6 is 23.2 Å². The van der Waals surface area contributed by atoms with E-state index in [1.807, 2.05) is 48.5 Å². The summed E-state index contributed by atoms with van der Waals surface area (Å²) >= 11 is 11.9. The fraction of sp³-hybridized carbons (Fsp3) is 0. The van der Waals surface area contributed by atoms with Crippen molar-refractivity contribution in [1.29, 1.82) is 0 Å².